The van der Waals surface area contributed by atoms with Crippen LogP contribution in [0.4, 0.5) is 17.2 Å². The highest BCUT2D eigenvalue weighted by Crippen LogP contribution is 2.33. The van der Waals surface area contributed by atoms with Crippen LogP contribution in [-0.4, -0.2) is 36.9 Å². The number of rotatable bonds is 5. The summed E-state index contributed by atoms with van der Waals surface area (Å²) in [5.41, 5.74) is 3.15. The molecule has 0 saturated carbocycles. The van der Waals surface area contributed by atoms with Crippen LogP contribution in [0.2, 0.25) is 0 Å². The minimum atomic E-state index is -0.368. The molecule has 0 atom stereocenters. The molecule has 0 fully saturated rings. The van der Waals surface area contributed by atoms with Crippen molar-refractivity contribution in [3.63, 3.8) is 0 Å². The van der Waals surface area contributed by atoms with E-state index in [1.54, 1.807) is 38.5 Å². The van der Waals surface area contributed by atoms with Crippen molar-refractivity contribution in [2.75, 3.05) is 31.0 Å². The van der Waals surface area contributed by atoms with Crippen molar-refractivity contribution >= 4 is 23.1 Å². The van der Waals surface area contributed by atoms with E-state index in [2.05, 4.69) is 32.5 Å². The number of nitrogens with one attached hydrogen (secondary N) is 1. The molecule has 1 aliphatic heterocycles. The number of benzene rings is 2. The number of hydrogen-bond acceptors (Lipinski definition) is 6. The fourth-order valence-electron chi connectivity index (χ4n) is 3.26. The van der Waals surface area contributed by atoms with Gasteiger partial charge in [-0.15, -0.1) is 10.2 Å². The van der Waals surface area contributed by atoms with Gasteiger partial charge in [-0.25, -0.2) is 0 Å². The molecule has 7 heteroatoms. The van der Waals surface area contributed by atoms with Crippen molar-refractivity contribution < 1.29 is 14.3 Å². The van der Waals surface area contributed by atoms with Gasteiger partial charge in [-0.05, 0) is 42.3 Å². The summed E-state index contributed by atoms with van der Waals surface area (Å²) in [5.74, 6) is 1.51. The zero-order chi connectivity index (χ0) is 19.5. The minimum Gasteiger partial charge on any atom is -0.497 e. The van der Waals surface area contributed by atoms with Crippen LogP contribution >= 0.6 is 0 Å². The number of anilines is 3. The first kappa shape index (κ1) is 17.8. The lowest BCUT2D eigenvalue weighted by Crippen LogP contribution is -2.18. The Labute approximate surface area is 162 Å². The monoisotopic (exact) mass is 376 g/mol. The van der Waals surface area contributed by atoms with Crippen molar-refractivity contribution in [3.8, 4) is 11.5 Å². The molecular formula is C21H20N4O3. The average molecular weight is 376 g/mol. The molecule has 28 heavy (non-hydrogen) atoms. The van der Waals surface area contributed by atoms with E-state index in [0.717, 1.165) is 24.5 Å². The van der Waals surface area contributed by atoms with Gasteiger partial charge in [0.2, 0.25) is 0 Å². The molecule has 1 amide bonds. The first-order valence-electron chi connectivity index (χ1n) is 8.92. The number of amides is 1. The summed E-state index contributed by atoms with van der Waals surface area (Å²) in [7, 11) is 3.11. The van der Waals surface area contributed by atoms with Gasteiger partial charge in [-0.3, -0.25) is 4.79 Å². The molecule has 7 nitrogen and oxygen atoms in total. The van der Waals surface area contributed by atoms with E-state index in [4.69, 9.17) is 9.47 Å². The molecule has 2 aromatic carbocycles. The van der Waals surface area contributed by atoms with E-state index in [0.29, 0.717) is 17.2 Å². The number of carbonyl (C=O) groups is 1. The summed E-state index contributed by atoms with van der Waals surface area (Å²) in [6.45, 7) is 0.848. The maximum Gasteiger partial charge on any atom is 0.276 e. The van der Waals surface area contributed by atoms with Gasteiger partial charge in [0.15, 0.2) is 11.5 Å². The Morgan fingerprint density at radius 3 is 2.64 bits per heavy atom. The van der Waals surface area contributed by atoms with Crippen molar-refractivity contribution in [2.24, 2.45) is 0 Å². The zero-order valence-electron chi connectivity index (χ0n) is 15.7. The lowest BCUT2D eigenvalue weighted by molar-refractivity contribution is 0.102. The fraction of sp³-hybridized carbons (Fsp3) is 0.190. The van der Waals surface area contributed by atoms with Crippen molar-refractivity contribution in [2.45, 2.75) is 6.42 Å². The molecule has 0 bridgehead atoms. The predicted molar refractivity (Wildman–Crippen MR) is 107 cm³/mol. The minimum absolute atomic E-state index is 0.223. The Hall–Kier alpha value is -3.61. The normalized spacial score (nSPS) is 12.4. The second-order valence-electron chi connectivity index (χ2n) is 6.33. The van der Waals surface area contributed by atoms with Crippen molar-refractivity contribution in [1.82, 2.24) is 10.2 Å². The molecule has 1 aliphatic rings. The average Bonchev–Trinajstić information content (AvgIpc) is 3.18. The summed E-state index contributed by atoms with van der Waals surface area (Å²) >= 11 is 0. The molecule has 1 N–H and O–H groups in total. The number of methoxy groups -OCH3 is 2. The number of fused-ring (bicyclic) bond motifs is 1. The molecule has 4 rings (SSSR count). The van der Waals surface area contributed by atoms with Crippen LogP contribution < -0.4 is 19.7 Å². The van der Waals surface area contributed by atoms with Crippen LogP contribution in [0.1, 0.15) is 16.1 Å². The molecular weight excluding hydrogens is 356 g/mol. The van der Waals surface area contributed by atoms with E-state index in [1.165, 1.54) is 5.56 Å². The molecule has 0 saturated heterocycles. The molecule has 142 valence electrons. The predicted octanol–water partition coefficient (Wildman–Crippen LogP) is 3.44. The van der Waals surface area contributed by atoms with Crippen LogP contribution in [0.15, 0.2) is 54.6 Å². The van der Waals surface area contributed by atoms with E-state index in [9.17, 15) is 4.79 Å². The third-order valence-electron chi connectivity index (χ3n) is 4.70. The zero-order valence-corrected chi connectivity index (χ0v) is 15.7. The number of ether oxygens (including phenoxy) is 2. The van der Waals surface area contributed by atoms with Crippen molar-refractivity contribution in [3.05, 3.63) is 65.9 Å². The standard InChI is InChI=1S/C21H20N4O3/c1-27-15-7-9-19(28-2)17(13-15)22-21(26)16-8-10-20(24-23-16)25-12-11-14-5-3-4-6-18(14)25/h3-10,13H,11-12H2,1-2H3,(H,22,26). The SMILES string of the molecule is COc1ccc(OC)c(NC(=O)c2ccc(N3CCc4ccccc43)nn2)c1. The lowest BCUT2D eigenvalue weighted by Gasteiger charge is -2.17. The largest absolute Gasteiger partial charge is 0.497 e. The van der Waals surface area contributed by atoms with Gasteiger partial charge in [0.1, 0.15) is 11.5 Å². The Balaban J connectivity index is 1.53. The van der Waals surface area contributed by atoms with Crippen LogP contribution in [0, 0.1) is 0 Å². The fourth-order valence-corrected chi connectivity index (χ4v) is 3.26. The molecule has 0 radical (unpaired) electrons. The molecule has 0 unspecified atom stereocenters. The Morgan fingerprint density at radius 2 is 1.89 bits per heavy atom. The van der Waals surface area contributed by atoms with Gasteiger partial charge < -0.3 is 19.7 Å². The Morgan fingerprint density at radius 1 is 1.04 bits per heavy atom. The van der Waals surface area contributed by atoms with Crippen LogP contribution in [0.3, 0.4) is 0 Å². The van der Waals surface area contributed by atoms with Gasteiger partial charge in [0, 0.05) is 18.3 Å². The maximum absolute atomic E-state index is 12.6. The van der Waals surface area contributed by atoms with Crippen LogP contribution in [-0.2, 0) is 6.42 Å². The first-order chi connectivity index (χ1) is 13.7. The highest BCUT2D eigenvalue weighted by atomic mass is 16.5. The topological polar surface area (TPSA) is 76.6 Å². The molecule has 1 aromatic heterocycles. The van der Waals surface area contributed by atoms with Gasteiger partial charge in [0.25, 0.3) is 5.91 Å². The molecule has 0 aliphatic carbocycles. The highest BCUT2D eigenvalue weighted by molar-refractivity contribution is 6.03. The summed E-state index contributed by atoms with van der Waals surface area (Å²) in [4.78, 5) is 14.7. The second kappa shape index (κ2) is 7.56. The molecule has 2 heterocycles. The van der Waals surface area contributed by atoms with E-state index in [1.807, 2.05) is 18.2 Å². The lowest BCUT2D eigenvalue weighted by atomic mass is 10.2. The molecule has 0 spiro atoms. The number of hydrogen-bond donors (Lipinski definition) is 1. The van der Waals surface area contributed by atoms with E-state index >= 15 is 0 Å². The maximum atomic E-state index is 12.6. The number of para-hydroxylation sites is 1. The number of aromatic nitrogens is 2. The van der Waals surface area contributed by atoms with Crippen molar-refractivity contribution in [1.29, 1.82) is 0 Å². The summed E-state index contributed by atoms with van der Waals surface area (Å²) in [6.07, 6.45) is 0.968. The summed E-state index contributed by atoms with van der Waals surface area (Å²) < 4.78 is 10.5. The quantitative estimate of drug-likeness (QED) is 0.735. The van der Waals surface area contributed by atoms with Gasteiger partial charge in [-0.2, -0.15) is 0 Å². The Bertz CT molecular complexity index is 1000. The van der Waals surface area contributed by atoms with Gasteiger partial charge in [-0.1, -0.05) is 18.2 Å². The second-order valence-corrected chi connectivity index (χ2v) is 6.33. The number of carbonyl (C=O) groups excluding carboxylic acids is 1. The first-order valence-corrected chi connectivity index (χ1v) is 8.92. The molecule has 3 aromatic rings. The van der Waals surface area contributed by atoms with Crippen LogP contribution in [0.25, 0.3) is 0 Å². The highest BCUT2D eigenvalue weighted by Gasteiger charge is 2.21. The summed E-state index contributed by atoms with van der Waals surface area (Å²) in [5, 5.41) is 11.2. The Kier molecular flexibility index (Phi) is 4.80. The number of nitrogens with zero attached hydrogens (tertiary/aromatic N) is 3. The third kappa shape index (κ3) is 3.34. The third-order valence-corrected chi connectivity index (χ3v) is 4.70. The van der Waals surface area contributed by atoms with Crippen LogP contribution in [0.5, 0.6) is 11.5 Å². The van der Waals surface area contributed by atoms with Gasteiger partial charge in [0.05, 0.1) is 19.9 Å². The van der Waals surface area contributed by atoms with E-state index < -0.39 is 0 Å². The van der Waals surface area contributed by atoms with E-state index in [-0.39, 0.29) is 11.6 Å². The summed E-state index contributed by atoms with van der Waals surface area (Å²) in [6, 6.07) is 16.9. The smallest absolute Gasteiger partial charge is 0.276 e. The van der Waals surface area contributed by atoms with Gasteiger partial charge >= 0.3 is 0 Å².